The maximum atomic E-state index is 13.8. The first-order valence-corrected chi connectivity index (χ1v) is 9.48. The Morgan fingerprint density at radius 3 is 2.41 bits per heavy atom. The number of H-pyrrole nitrogens is 1. The average molecular weight is 419 g/mol. The van der Waals surface area contributed by atoms with E-state index in [2.05, 4.69) is 4.98 Å². The molecule has 0 amide bonds. The number of benzene rings is 2. The molecule has 1 heterocycles. The van der Waals surface area contributed by atoms with Gasteiger partial charge in [-0.3, -0.25) is 0 Å². The van der Waals surface area contributed by atoms with Crippen molar-refractivity contribution < 1.29 is 26.3 Å². The number of aromatic nitrogens is 1. The molecule has 0 fully saturated rings. The molecule has 0 aliphatic heterocycles. The van der Waals surface area contributed by atoms with E-state index in [0.29, 0.717) is 5.52 Å². The lowest BCUT2D eigenvalue weighted by atomic mass is 10.1. The Kier molecular flexibility index (Phi) is 5.11. The number of sulfonamides is 1. The minimum Gasteiger partial charge on any atom is -0.496 e. The van der Waals surface area contributed by atoms with Crippen molar-refractivity contribution in [2.75, 3.05) is 7.11 Å². The number of hydrogen-bond donors (Lipinski definition) is 2. The maximum absolute atomic E-state index is 13.8. The Morgan fingerprint density at radius 1 is 1.15 bits per heavy atom. The number of aromatic amines is 1. The molecule has 3 aromatic rings. The summed E-state index contributed by atoms with van der Waals surface area (Å²) in [5.41, 5.74) is 0.108. The molecular formula is C17H14ClF3N2O3S. The maximum Gasteiger partial charge on any atom is 0.408 e. The predicted molar refractivity (Wildman–Crippen MR) is 95.4 cm³/mol. The summed E-state index contributed by atoms with van der Waals surface area (Å²) in [6, 6.07) is 7.05. The monoisotopic (exact) mass is 418 g/mol. The van der Waals surface area contributed by atoms with Crippen LogP contribution in [-0.2, 0) is 10.0 Å². The first kappa shape index (κ1) is 19.5. The number of nitrogens with one attached hydrogen (secondary N) is 2. The van der Waals surface area contributed by atoms with Crippen LogP contribution in [-0.4, -0.2) is 26.7 Å². The number of rotatable bonds is 5. The van der Waals surface area contributed by atoms with Crippen LogP contribution in [0, 0.1) is 0 Å². The second-order valence-corrected chi connectivity index (χ2v) is 7.83. The molecule has 0 bridgehead atoms. The van der Waals surface area contributed by atoms with Crippen molar-refractivity contribution in [3.63, 3.8) is 0 Å². The van der Waals surface area contributed by atoms with E-state index >= 15 is 0 Å². The summed E-state index contributed by atoms with van der Waals surface area (Å²) in [5.74, 6) is 0.198. The summed E-state index contributed by atoms with van der Waals surface area (Å²) in [4.78, 5) is 2.39. The van der Waals surface area contributed by atoms with Crippen LogP contribution in [0.4, 0.5) is 13.2 Å². The minimum atomic E-state index is -4.88. The highest BCUT2D eigenvalue weighted by Gasteiger charge is 2.45. The molecule has 1 unspecified atom stereocenters. The van der Waals surface area contributed by atoms with Gasteiger partial charge >= 0.3 is 6.18 Å². The van der Waals surface area contributed by atoms with Gasteiger partial charge in [-0.25, -0.2) is 8.42 Å². The fourth-order valence-electron chi connectivity index (χ4n) is 2.72. The van der Waals surface area contributed by atoms with Crippen molar-refractivity contribution >= 4 is 32.5 Å². The summed E-state index contributed by atoms with van der Waals surface area (Å²) in [6.45, 7) is 0. The third-order valence-corrected chi connectivity index (χ3v) is 5.64. The van der Waals surface area contributed by atoms with Crippen LogP contribution in [0.25, 0.3) is 10.9 Å². The Morgan fingerprint density at radius 2 is 1.81 bits per heavy atom. The fourth-order valence-corrected chi connectivity index (χ4v) is 4.05. The van der Waals surface area contributed by atoms with Gasteiger partial charge in [0.05, 0.1) is 12.0 Å². The van der Waals surface area contributed by atoms with Crippen molar-refractivity contribution in [1.82, 2.24) is 9.71 Å². The number of halogens is 4. The zero-order valence-corrected chi connectivity index (χ0v) is 15.4. The topological polar surface area (TPSA) is 71.2 Å². The molecule has 2 aromatic carbocycles. The van der Waals surface area contributed by atoms with E-state index in [-0.39, 0.29) is 26.6 Å². The van der Waals surface area contributed by atoms with Crippen LogP contribution >= 0.6 is 11.6 Å². The van der Waals surface area contributed by atoms with Crippen LogP contribution in [0.15, 0.2) is 53.6 Å². The van der Waals surface area contributed by atoms with E-state index in [9.17, 15) is 21.6 Å². The molecule has 5 nitrogen and oxygen atoms in total. The van der Waals surface area contributed by atoms with Crippen LogP contribution in [0.3, 0.4) is 0 Å². The molecule has 3 rings (SSSR count). The second-order valence-electron chi connectivity index (χ2n) is 5.68. The number of hydrogen-bond acceptors (Lipinski definition) is 3. The first-order valence-electron chi connectivity index (χ1n) is 7.62. The van der Waals surface area contributed by atoms with Gasteiger partial charge in [0.2, 0.25) is 10.0 Å². The average Bonchev–Trinajstić information content (AvgIpc) is 3.03. The number of alkyl halides is 3. The molecule has 27 heavy (non-hydrogen) atoms. The molecule has 1 aromatic heterocycles. The molecule has 2 N–H and O–H groups in total. The highest BCUT2D eigenvalue weighted by Crippen LogP contribution is 2.40. The molecule has 1 atom stereocenters. The van der Waals surface area contributed by atoms with E-state index < -0.39 is 22.2 Å². The Balaban J connectivity index is 2.10. The van der Waals surface area contributed by atoms with E-state index in [1.165, 1.54) is 25.3 Å². The zero-order chi connectivity index (χ0) is 19.8. The van der Waals surface area contributed by atoms with E-state index in [1.54, 1.807) is 16.9 Å². The van der Waals surface area contributed by atoms with Crippen molar-refractivity contribution in [3.8, 4) is 5.75 Å². The summed E-state index contributed by atoms with van der Waals surface area (Å²) >= 11 is 5.71. The van der Waals surface area contributed by atoms with Gasteiger partial charge < -0.3 is 9.72 Å². The third kappa shape index (κ3) is 3.90. The Hall–Kier alpha value is -2.23. The number of fused-ring (bicyclic) bond motifs is 1. The summed E-state index contributed by atoms with van der Waals surface area (Å²) in [5, 5.41) is 0.420. The van der Waals surface area contributed by atoms with Gasteiger partial charge in [0.25, 0.3) is 0 Å². The van der Waals surface area contributed by atoms with Crippen molar-refractivity contribution in [3.05, 3.63) is 59.2 Å². The third-order valence-electron chi connectivity index (χ3n) is 3.95. The number of methoxy groups -OCH3 is 1. The lowest BCUT2D eigenvalue weighted by Gasteiger charge is -2.22. The fraction of sp³-hybridized carbons (Fsp3) is 0.176. The van der Waals surface area contributed by atoms with E-state index in [4.69, 9.17) is 16.3 Å². The van der Waals surface area contributed by atoms with Gasteiger partial charge in [-0.2, -0.15) is 17.9 Å². The molecule has 144 valence electrons. The van der Waals surface area contributed by atoms with Crippen LogP contribution < -0.4 is 9.46 Å². The molecular weight excluding hydrogens is 405 g/mol. The lowest BCUT2D eigenvalue weighted by molar-refractivity contribution is -0.152. The van der Waals surface area contributed by atoms with Gasteiger partial charge in [-0.05, 0) is 36.4 Å². The summed E-state index contributed by atoms with van der Waals surface area (Å²) < 4.78 is 73.1. The van der Waals surface area contributed by atoms with Crippen molar-refractivity contribution in [1.29, 1.82) is 0 Å². The van der Waals surface area contributed by atoms with Crippen LogP contribution in [0.5, 0.6) is 5.75 Å². The summed E-state index contributed by atoms with van der Waals surface area (Å²) in [6.07, 6.45) is -3.76. The van der Waals surface area contributed by atoms with Gasteiger partial charge in [-0.15, -0.1) is 0 Å². The molecule has 0 radical (unpaired) electrons. The van der Waals surface area contributed by atoms with E-state index in [1.807, 2.05) is 0 Å². The molecule has 0 saturated heterocycles. The number of ether oxygens (including phenoxy) is 1. The zero-order valence-electron chi connectivity index (χ0n) is 13.8. The minimum absolute atomic E-state index is 0.154. The van der Waals surface area contributed by atoms with E-state index in [0.717, 1.165) is 18.3 Å². The molecule has 0 spiro atoms. The van der Waals surface area contributed by atoms with Gasteiger partial charge in [0.15, 0.2) is 0 Å². The quantitative estimate of drug-likeness (QED) is 0.644. The largest absolute Gasteiger partial charge is 0.496 e. The van der Waals surface area contributed by atoms with Gasteiger partial charge in [0, 0.05) is 27.7 Å². The summed E-state index contributed by atoms with van der Waals surface area (Å²) in [7, 11) is -3.13. The van der Waals surface area contributed by atoms with Gasteiger partial charge in [-0.1, -0.05) is 17.7 Å². The predicted octanol–water partition coefficient (Wildman–Crippen LogP) is 4.41. The van der Waals surface area contributed by atoms with Crippen LogP contribution in [0.2, 0.25) is 5.02 Å². The lowest BCUT2D eigenvalue weighted by Crippen LogP contribution is -2.38. The molecule has 0 aliphatic rings. The molecule has 0 saturated carbocycles. The Labute approximate surface area is 158 Å². The molecule has 10 heteroatoms. The molecule has 0 aliphatic carbocycles. The SMILES string of the molecule is COc1cccc2[nH]cc(C(NS(=O)(=O)c3ccc(Cl)cc3)C(F)(F)F)c12. The van der Waals surface area contributed by atoms with Crippen molar-refractivity contribution in [2.45, 2.75) is 17.1 Å². The smallest absolute Gasteiger partial charge is 0.408 e. The normalized spacial score (nSPS) is 13.7. The highest BCUT2D eigenvalue weighted by atomic mass is 35.5. The highest BCUT2D eigenvalue weighted by molar-refractivity contribution is 7.89. The van der Waals surface area contributed by atoms with Crippen LogP contribution in [0.1, 0.15) is 11.6 Å². The second kappa shape index (κ2) is 7.06. The standard InChI is InChI=1S/C17H14ClF3N2O3S/c1-26-14-4-2-3-13-15(14)12(9-22-13)16(17(19,20)21)23-27(24,25)11-7-5-10(18)6-8-11/h2-9,16,22-23H,1H3. The Bertz CT molecular complexity index is 1060. The van der Waals surface area contributed by atoms with Gasteiger partial charge in [0.1, 0.15) is 11.8 Å². The van der Waals surface area contributed by atoms with Crippen molar-refractivity contribution in [2.24, 2.45) is 0 Å². The first-order chi connectivity index (χ1) is 12.6.